The second-order valence-corrected chi connectivity index (χ2v) is 9.55. The molecule has 35 heavy (non-hydrogen) atoms. The molecule has 3 atom stereocenters. The van der Waals surface area contributed by atoms with Crippen molar-refractivity contribution in [2.45, 2.75) is 57.2 Å². The van der Waals surface area contributed by atoms with Crippen LogP contribution >= 0.6 is 0 Å². The summed E-state index contributed by atoms with van der Waals surface area (Å²) in [4.78, 5) is 45.8. The van der Waals surface area contributed by atoms with Gasteiger partial charge in [0.1, 0.15) is 6.04 Å². The number of hydrogen-bond donors (Lipinski definition) is 2. The van der Waals surface area contributed by atoms with Crippen LogP contribution in [0.4, 0.5) is 0 Å². The lowest BCUT2D eigenvalue weighted by Gasteiger charge is -2.28. The molecular formula is C27H34N4O4. The van der Waals surface area contributed by atoms with Gasteiger partial charge in [0.05, 0.1) is 6.04 Å². The highest BCUT2D eigenvalue weighted by Gasteiger charge is 2.41. The molecule has 0 spiro atoms. The second-order valence-electron chi connectivity index (χ2n) is 9.55. The zero-order valence-electron chi connectivity index (χ0n) is 20.0. The molecule has 1 aromatic carbocycles. The summed E-state index contributed by atoms with van der Waals surface area (Å²) in [7, 11) is 0. The predicted molar refractivity (Wildman–Crippen MR) is 131 cm³/mol. The lowest BCUT2D eigenvalue weighted by molar-refractivity contribution is -0.149. The van der Waals surface area contributed by atoms with Gasteiger partial charge in [-0.15, -0.1) is 0 Å². The number of nitrogens with zero attached hydrogens (tertiary/aromatic N) is 3. The van der Waals surface area contributed by atoms with Gasteiger partial charge in [0.15, 0.2) is 0 Å². The van der Waals surface area contributed by atoms with Gasteiger partial charge in [0.2, 0.25) is 11.8 Å². The van der Waals surface area contributed by atoms with Crippen molar-refractivity contribution < 1.29 is 19.5 Å². The van der Waals surface area contributed by atoms with E-state index in [2.05, 4.69) is 10.3 Å². The monoisotopic (exact) mass is 478 g/mol. The predicted octanol–water partition coefficient (Wildman–Crippen LogP) is 2.49. The van der Waals surface area contributed by atoms with Crippen LogP contribution in [0.25, 0.3) is 0 Å². The summed E-state index contributed by atoms with van der Waals surface area (Å²) in [5, 5.41) is 13.2. The Hall–Kier alpha value is -3.26. The van der Waals surface area contributed by atoms with Crippen LogP contribution in [0.5, 0.6) is 0 Å². The van der Waals surface area contributed by atoms with Crippen molar-refractivity contribution in [3.63, 3.8) is 0 Å². The first-order valence-electron chi connectivity index (χ1n) is 12.5. The molecule has 2 aliphatic rings. The van der Waals surface area contributed by atoms with Gasteiger partial charge in [0, 0.05) is 45.0 Å². The number of carbonyl (C=O) groups is 3. The summed E-state index contributed by atoms with van der Waals surface area (Å²) >= 11 is 0. The summed E-state index contributed by atoms with van der Waals surface area (Å²) < 4.78 is 0. The molecule has 4 rings (SSSR count). The Morgan fingerprint density at radius 2 is 1.74 bits per heavy atom. The van der Waals surface area contributed by atoms with Gasteiger partial charge in [-0.3, -0.25) is 14.6 Å². The van der Waals surface area contributed by atoms with Crippen LogP contribution in [-0.4, -0.2) is 69.4 Å². The summed E-state index contributed by atoms with van der Waals surface area (Å²) in [6.45, 7) is 2.42. The van der Waals surface area contributed by atoms with Crippen molar-refractivity contribution in [2.75, 3.05) is 19.6 Å². The molecule has 0 saturated carbocycles. The van der Waals surface area contributed by atoms with Crippen molar-refractivity contribution in [2.24, 2.45) is 5.92 Å². The first-order chi connectivity index (χ1) is 17.0. The topological polar surface area (TPSA) is 103 Å². The fourth-order valence-corrected chi connectivity index (χ4v) is 5.14. The van der Waals surface area contributed by atoms with Crippen LogP contribution in [0, 0.1) is 5.92 Å². The third-order valence-electron chi connectivity index (χ3n) is 7.03. The van der Waals surface area contributed by atoms with Crippen LogP contribution < -0.4 is 5.32 Å². The molecule has 8 heteroatoms. The molecule has 0 radical (unpaired) electrons. The Kier molecular flexibility index (Phi) is 8.47. The molecule has 0 aliphatic carbocycles. The number of carboxylic acid groups (broad SMARTS) is 1. The average Bonchev–Trinajstić information content (AvgIpc) is 3.56. The van der Waals surface area contributed by atoms with Crippen molar-refractivity contribution in [3.8, 4) is 0 Å². The molecule has 3 heterocycles. The Morgan fingerprint density at radius 3 is 2.43 bits per heavy atom. The number of carboxylic acids is 1. The number of likely N-dealkylation sites (tertiary alicyclic amines) is 2. The number of carbonyl (C=O) groups excluding carboxylic acids is 2. The molecule has 1 aromatic heterocycles. The van der Waals surface area contributed by atoms with Crippen LogP contribution in [0.3, 0.4) is 0 Å². The highest BCUT2D eigenvalue weighted by molar-refractivity contribution is 5.88. The Labute approximate surface area is 206 Å². The van der Waals surface area contributed by atoms with Crippen molar-refractivity contribution in [1.82, 2.24) is 20.1 Å². The van der Waals surface area contributed by atoms with E-state index >= 15 is 0 Å². The molecule has 2 amide bonds. The lowest BCUT2D eigenvalue weighted by Crippen LogP contribution is -2.50. The molecule has 0 bridgehead atoms. The summed E-state index contributed by atoms with van der Waals surface area (Å²) in [5.41, 5.74) is 2.11. The minimum Gasteiger partial charge on any atom is -0.480 e. The minimum absolute atomic E-state index is 0.0588. The van der Waals surface area contributed by atoms with E-state index in [1.165, 1.54) is 4.90 Å². The zero-order chi connectivity index (χ0) is 24.6. The fourth-order valence-electron chi connectivity index (χ4n) is 5.14. The fraction of sp³-hybridized carbons (Fsp3) is 0.481. The molecule has 2 saturated heterocycles. The van der Waals surface area contributed by atoms with Crippen molar-refractivity contribution >= 4 is 17.8 Å². The summed E-state index contributed by atoms with van der Waals surface area (Å²) in [6, 6.07) is 12.1. The minimum atomic E-state index is -0.981. The maximum absolute atomic E-state index is 13.7. The first-order valence-corrected chi connectivity index (χ1v) is 12.5. The maximum atomic E-state index is 13.7. The van der Waals surface area contributed by atoms with Gasteiger partial charge in [-0.05, 0) is 61.3 Å². The number of aromatic nitrogens is 1. The summed E-state index contributed by atoms with van der Waals surface area (Å²) in [5.74, 6) is -1.10. The average molecular weight is 479 g/mol. The first kappa shape index (κ1) is 24.9. The molecule has 2 N–H and O–H groups in total. The highest BCUT2D eigenvalue weighted by Crippen LogP contribution is 2.28. The molecule has 2 aliphatic heterocycles. The second kappa shape index (κ2) is 11.9. The van der Waals surface area contributed by atoms with E-state index < -0.39 is 18.1 Å². The third kappa shape index (κ3) is 6.66. The quantitative estimate of drug-likeness (QED) is 0.544. The zero-order valence-corrected chi connectivity index (χ0v) is 20.0. The largest absolute Gasteiger partial charge is 0.480 e. The van der Waals surface area contributed by atoms with E-state index in [4.69, 9.17) is 0 Å². The van der Waals surface area contributed by atoms with Gasteiger partial charge in [-0.2, -0.15) is 0 Å². The van der Waals surface area contributed by atoms with Crippen LogP contribution in [0.15, 0.2) is 54.9 Å². The van der Waals surface area contributed by atoms with E-state index in [1.807, 2.05) is 47.4 Å². The number of aliphatic carboxylic acids is 1. The van der Waals surface area contributed by atoms with Gasteiger partial charge >= 0.3 is 5.97 Å². The molecule has 1 unspecified atom stereocenters. The number of benzene rings is 1. The van der Waals surface area contributed by atoms with Crippen molar-refractivity contribution in [1.29, 1.82) is 0 Å². The van der Waals surface area contributed by atoms with Gasteiger partial charge in [-0.1, -0.05) is 30.3 Å². The normalized spacial score (nSPS) is 20.7. The van der Waals surface area contributed by atoms with E-state index in [-0.39, 0.29) is 24.2 Å². The SMILES string of the molecule is O=C(O)[C@@H]1C[C@@H](Cc2ccncc2)CN1C(=O)C(CCC(=O)N1CCCC1)NCc1ccccc1. The number of hydrogen-bond acceptors (Lipinski definition) is 5. The maximum Gasteiger partial charge on any atom is 0.326 e. The Morgan fingerprint density at radius 1 is 1.03 bits per heavy atom. The van der Waals surface area contributed by atoms with E-state index in [0.717, 1.165) is 37.1 Å². The molecule has 2 aromatic rings. The molecule has 186 valence electrons. The van der Waals surface area contributed by atoms with Crippen LogP contribution in [-0.2, 0) is 27.3 Å². The lowest BCUT2D eigenvalue weighted by atomic mass is 9.97. The van der Waals surface area contributed by atoms with E-state index in [0.29, 0.717) is 32.4 Å². The Balaban J connectivity index is 1.45. The molecular weight excluding hydrogens is 444 g/mol. The van der Waals surface area contributed by atoms with Gasteiger partial charge in [0.25, 0.3) is 0 Å². The standard InChI is InChI=1S/C27H34N4O4/c32-25(30-14-4-5-15-30)9-8-23(29-18-21-6-2-1-3-7-21)26(33)31-19-22(17-24(31)27(34)35)16-20-10-12-28-13-11-20/h1-3,6-7,10-13,22-24,29H,4-5,8-9,14-19H2,(H,34,35)/t22-,23?,24+/m1/s1. The Bertz CT molecular complexity index is 995. The number of rotatable bonds is 10. The van der Waals surface area contributed by atoms with E-state index in [1.54, 1.807) is 12.4 Å². The van der Waals surface area contributed by atoms with E-state index in [9.17, 15) is 19.5 Å². The van der Waals surface area contributed by atoms with Crippen molar-refractivity contribution in [3.05, 3.63) is 66.0 Å². The third-order valence-corrected chi connectivity index (χ3v) is 7.03. The smallest absolute Gasteiger partial charge is 0.326 e. The van der Waals surface area contributed by atoms with Crippen LogP contribution in [0.2, 0.25) is 0 Å². The number of pyridine rings is 1. The number of nitrogens with one attached hydrogen (secondary N) is 1. The van der Waals surface area contributed by atoms with Gasteiger partial charge in [-0.25, -0.2) is 4.79 Å². The highest BCUT2D eigenvalue weighted by atomic mass is 16.4. The van der Waals surface area contributed by atoms with Crippen LogP contribution in [0.1, 0.15) is 43.2 Å². The van der Waals surface area contributed by atoms with Gasteiger partial charge < -0.3 is 20.2 Å². The molecule has 8 nitrogen and oxygen atoms in total. The molecule has 2 fully saturated rings. The summed E-state index contributed by atoms with van der Waals surface area (Å²) in [6.07, 6.45) is 7.22. The number of amides is 2.